The molecular formula is C28H20BrN3O5S. The third kappa shape index (κ3) is 3.97. The van der Waals surface area contributed by atoms with Gasteiger partial charge in [0.2, 0.25) is 0 Å². The molecule has 0 radical (unpaired) electrons. The van der Waals surface area contributed by atoms with Crippen LogP contribution in [0.15, 0.2) is 80.5 Å². The maximum Gasteiger partial charge on any atom is 0.271 e. The minimum Gasteiger partial charge on any atom is -0.506 e. The molecule has 2 heterocycles. The number of thiazole rings is 1. The van der Waals surface area contributed by atoms with Crippen LogP contribution in [0.4, 0.5) is 5.69 Å². The van der Waals surface area contributed by atoms with Crippen molar-refractivity contribution in [3.63, 3.8) is 0 Å². The number of methoxy groups -OCH3 is 1. The summed E-state index contributed by atoms with van der Waals surface area (Å²) in [4.78, 5) is 30.2. The van der Waals surface area contributed by atoms with Crippen LogP contribution in [0.2, 0.25) is 0 Å². The first-order valence-corrected chi connectivity index (χ1v) is 13.4. The number of allylic oxidation sites excluding steroid dienone is 1. The molecule has 2 aliphatic rings. The zero-order valence-electron chi connectivity index (χ0n) is 20.1. The molecule has 1 aliphatic carbocycles. The lowest BCUT2D eigenvalue weighted by atomic mass is 9.83. The molecule has 10 heteroatoms. The predicted molar refractivity (Wildman–Crippen MR) is 148 cm³/mol. The van der Waals surface area contributed by atoms with E-state index in [1.165, 1.54) is 35.1 Å². The number of rotatable bonds is 4. The second kappa shape index (κ2) is 9.38. The van der Waals surface area contributed by atoms with Crippen molar-refractivity contribution in [3.05, 3.63) is 123 Å². The molecule has 1 aliphatic heterocycles. The molecule has 0 spiro atoms. The Kier molecular flexibility index (Phi) is 6.00. The van der Waals surface area contributed by atoms with Crippen LogP contribution in [0.5, 0.6) is 11.5 Å². The van der Waals surface area contributed by atoms with Gasteiger partial charge in [0, 0.05) is 23.3 Å². The molecule has 0 saturated heterocycles. The van der Waals surface area contributed by atoms with Gasteiger partial charge in [-0.15, -0.1) is 0 Å². The number of nitro groups is 1. The number of halogens is 1. The second-order valence-corrected chi connectivity index (χ2v) is 10.9. The van der Waals surface area contributed by atoms with Gasteiger partial charge in [0.1, 0.15) is 11.5 Å². The van der Waals surface area contributed by atoms with Gasteiger partial charge >= 0.3 is 0 Å². The Morgan fingerprint density at radius 3 is 2.79 bits per heavy atom. The third-order valence-corrected chi connectivity index (χ3v) is 8.44. The highest BCUT2D eigenvalue weighted by Crippen LogP contribution is 2.41. The van der Waals surface area contributed by atoms with E-state index < -0.39 is 11.0 Å². The maximum atomic E-state index is 13.9. The summed E-state index contributed by atoms with van der Waals surface area (Å²) < 4.78 is 7.65. The molecule has 1 unspecified atom stereocenters. The molecule has 38 heavy (non-hydrogen) atoms. The van der Waals surface area contributed by atoms with Gasteiger partial charge in [0.15, 0.2) is 4.80 Å². The summed E-state index contributed by atoms with van der Waals surface area (Å²) in [6, 6.07) is 17.9. The highest BCUT2D eigenvalue weighted by atomic mass is 79.9. The van der Waals surface area contributed by atoms with Crippen LogP contribution < -0.4 is 19.6 Å². The van der Waals surface area contributed by atoms with E-state index in [2.05, 4.69) is 28.1 Å². The van der Waals surface area contributed by atoms with Crippen LogP contribution in [0, 0.1) is 10.1 Å². The topological polar surface area (TPSA) is 107 Å². The van der Waals surface area contributed by atoms with E-state index in [9.17, 15) is 20.0 Å². The standard InChI is InChI=1S/C28H20BrN3O5S/c1-37-19-7-4-6-16(12-19)25-21-10-9-15-5-2-3-8-20(15)24(21)30-28-31(25)27(34)23(38-28)13-17-11-18(32(35)36)14-22(29)26(17)33/h2-8,11-14,25,33H,9-10H2,1H3. The SMILES string of the molecule is COc1cccc(C2C3=C(N=c4sc(=Cc5cc([N+](=O)[O-])cc(Br)c5O)c(=O)n42)c2ccccc2CC3)c1. The second-order valence-electron chi connectivity index (χ2n) is 9.01. The Hall–Kier alpha value is -4.02. The Bertz CT molecular complexity index is 1860. The van der Waals surface area contributed by atoms with Crippen LogP contribution >= 0.6 is 27.3 Å². The highest BCUT2D eigenvalue weighted by Gasteiger charge is 2.32. The summed E-state index contributed by atoms with van der Waals surface area (Å²) >= 11 is 4.36. The molecule has 4 aromatic rings. The lowest BCUT2D eigenvalue weighted by molar-refractivity contribution is -0.385. The number of non-ortho nitro benzene ring substituents is 1. The fourth-order valence-corrected chi connectivity index (χ4v) is 6.55. The molecule has 1 aromatic heterocycles. The molecule has 6 rings (SSSR count). The number of hydrogen-bond donors (Lipinski definition) is 1. The first kappa shape index (κ1) is 24.3. The van der Waals surface area contributed by atoms with Gasteiger partial charge in [-0.05, 0) is 63.7 Å². The molecule has 190 valence electrons. The number of aromatic hydroxyl groups is 1. The van der Waals surface area contributed by atoms with Crippen molar-refractivity contribution >= 4 is 44.7 Å². The fraction of sp³-hybridized carbons (Fsp3) is 0.143. The summed E-state index contributed by atoms with van der Waals surface area (Å²) in [5, 5.41) is 22.0. The van der Waals surface area contributed by atoms with Crippen molar-refractivity contribution in [1.82, 2.24) is 4.57 Å². The Morgan fingerprint density at radius 1 is 1.18 bits per heavy atom. The van der Waals surface area contributed by atoms with Crippen molar-refractivity contribution in [3.8, 4) is 11.5 Å². The Labute approximate surface area is 228 Å². The van der Waals surface area contributed by atoms with Gasteiger partial charge in [0.05, 0.1) is 32.8 Å². The van der Waals surface area contributed by atoms with E-state index in [1.807, 2.05) is 36.4 Å². The quantitative estimate of drug-likeness (QED) is 0.274. The van der Waals surface area contributed by atoms with E-state index in [-0.39, 0.29) is 27.0 Å². The molecule has 0 fully saturated rings. The van der Waals surface area contributed by atoms with Crippen molar-refractivity contribution in [2.24, 2.45) is 4.99 Å². The number of phenolic OH excluding ortho intramolecular Hbond substituents is 1. The van der Waals surface area contributed by atoms with Crippen molar-refractivity contribution < 1.29 is 14.8 Å². The summed E-state index contributed by atoms with van der Waals surface area (Å²) in [5.74, 6) is 0.505. The first-order chi connectivity index (χ1) is 18.4. The number of hydrogen-bond acceptors (Lipinski definition) is 7. The lowest BCUT2D eigenvalue weighted by Crippen LogP contribution is -2.38. The average Bonchev–Trinajstić information content (AvgIpc) is 3.24. The molecule has 1 N–H and O–H groups in total. The summed E-state index contributed by atoms with van der Waals surface area (Å²) in [5.41, 5.74) is 4.78. The number of nitrogens with zero attached hydrogens (tertiary/aromatic N) is 3. The fourth-order valence-electron chi connectivity index (χ4n) is 5.10. The molecule has 0 bridgehead atoms. The number of nitro benzene ring substituents is 1. The summed E-state index contributed by atoms with van der Waals surface area (Å²) in [6.45, 7) is 0. The average molecular weight is 590 g/mol. The normalized spacial score (nSPS) is 16.4. The number of aromatic nitrogens is 1. The van der Waals surface area contributed by atoms with Gasteiger partial charge in [-0.1, -0.05) is 47.7 Å². The van der Waals surface area contributed by atoms with Crippen molar-refractivity contribution in [2.75, 3.05) is 7.11 Å². The largest absolute Gasteiger partial charge is 0.506 e. The molecule has 0 saturated carbocycles. The van der Waals surface area contributed by atoms with E-state index in [1.54, 1.807) is 11.7 Å². The van der Waals surface area contributed by atoms with Crippen LogP contribution in [0.25, 0.3) is 11.8 Å². The lowest BCUT2D eigenvalue weighted by Gasteiger charge is -2.31. The minimum absolute atomic E-state index is 0.170. The van der Waals surface area contributed by atoms with Crippen molar-refractivity contribution in [2.45, 2.75) is 18.9 Å². The van der Waals surface area contributed by atoms with Gasteiger partial charge < -0.3 is 9.84 Å². The molecule has 0 amide bonds. The minimum atomic E-state index is -0.544. The number of benzene rings is 3. The number of aryl methyl sites for hydroxylation is 1. The molecule has 8 nitrogen and oxygen atoms in total. The molecular weight excluding hydrogens is 570 g/mol. The highest BCUT2D eigenvalue weighted by molar-refractivity contribution is 9.10. The van der Waals surface area contributed by atoms with Gasteiger partial charge in [-0.25, -0.2) is 4.99 Å². The van der Waals surface area contributed by atoms with Gasteiger partial charge in [0.25, 0.3) is 11.2 Å². The smallest absolute Gasteiger partial charge is 0.271 e. The maximum absolute atomic E-state index is 13.9. The van der Waals surface area contributed by atoms with E-state index in [0.717, 1.165) is 35.2 Å². The first-order valence-electron chi connectivity index (χ1n) is 11.8. The van der Waals surface area contributed by atoms with Crippen LogP contribution in [-0.2, 0) is 6.42 Å². The molecule has 3 aromatic carbocycles. The summed E-state index contributed by atoms with van der Waals surface area (Å²) in [6.07, 6.45) is 3.07. The third-order valence-electron chi connectivity index (χ3n) is 6.86. The van der Waals surface area contributed by atoms with E-state index in [4.69, 9.17) is 9.73 Å². The Balaban J connectivity index is 1.63. The predicted octanol–water partition coefficient (Wildman–Crippen LogP) is 4.70. The zero-order chi connectivity index (χ0) is 26.6. The number of ether oxygens (including phenoxy) is 1. The van der Waals surface area contributed by atoms with Crippen molar-refractivity contribution in [1.29, 1.82) is 0 Å². The number of fused-ring (bicyclic) bond motifs is 3. The van der Waals surface area contributed by atoms with Gasteiger partial charge in [-0.2, -0.15) is 0 Å². The Morgan fingerprint density at radius 2 is 2.00 bits per heavy atom. The van der Waals surface area contributed by atoms with E-state index >= 15 is 0 Å². The van der Waals surface area contributed by atoms with Crippen LogP contribution in [0.1, 0.15) is 34.7 Å². The number of phenols is 1. The van der Waals surface area contributed by atoms with Gasteiger partial charge in [-0.3, -0.25) is 19.5 Å². The molecule has 1 atom stereocenters. The van der Waals surface area contributed by atoms with E-state index in [0.29, 0.717) is 15.1 Å². The monoisotopic (exact) mass is 589 g/mol. The van der Waals surface area contributed by atoms with Crippen LogP contribution in [0.3, 0.4) is 0 Å². The van der Waals surface area contributed by atoms with Crippen LogP contribution in [-0.4, -0.2) is 21.7 Å². The summed E-state index contributed by atoms with van der Waals surface area (Å²) in [7, 11) is 1.61. The zero-order valence-corrected chi connectivity index (χ0v) is 22.5.